The first kappa shape index (κ1) is 13.7. The van der Waals surface area contributed by atoms with Crippen molar-refractivity contribution in [2.45, 2.75) is 33.8 Å². The third-order valence-electron chi connectivity index (χ3n) is 2.91. The average Bonchev–Trinajstić information content (AvgIpc) is 2.37. The van der Waals surface area contributed by atoms with Gasteiger partial charge in [0.15, 0.2) is 0 Å². The van der Waals surface area contributed by atoms with Crippen LogP contribution < -0.4 is 4.74 Å². The molecule has 0 saturated heterocycles. The lowest BCUT2D eigenvalue weighted by atomic mass is 9.88. The molecule has 19 heavy (non-hydrogen) atoms. The maximum Gasteiger partial charge on any atom is 0.119 e. The molecule has 1 heteroatoms. The minimum absolute atomic E-state index is 0.335. The summed E-state index contributed by atoms with van der Waals surface area (Å²) in [4.78, 5) is 0. The van der Waals surface area contributed by atoms with Gasteiger partial charge in [-0.05, 0) is 35.1 Å². The molecule has 0 aliphatic carbocycles. The van der Waals surface area contributed by atoms with Gasteiger partial charge in [0.2, 0.25) is 0 Å². The highest BCUT2D eigenvalue weighted by atomic mass is 16.5. The lowest BCUT2D eigenvalue weighted by Crippen LogP contribution is -2.09. The van der Waals surface area contributed by atoms with Crippen LogP contribution >= 0.6 is 0 Å². The summed E-state index contributed by atoms with van der Waals surface area (Å²) in [6.07, 6.45) is 1.10. The molecule has 0 N–H and O–H groups in total. The standard InChI is InChI=1S/C18H22O/c1-18(2,3)13-15-9-11-16(12-10-15)14-19-17-7-5-4-6-8-17/h4-12H,13-14H2,1-3H3. The number of hydrogen-bond acceptors (Lipinski definition) is 1. The molecule has 0 fully saturated rings. The van der Waals surface area contributed by atoms with Gasteiger partial charge in [0.05, 0.1) is 0 Å². The van der Waals surface area contributed by atoms with Gasteiger partial charge in [-0.2, -0.15) is 0 Å². The smallest absolute Gasteiger partial charge is 0.119 e. The molecule has 0 radical (unpaired) electrons. The second kappa shape index (κ2) is 5.92. The van der Waals surface area contributed by atoms with Crippen molar-refractivity contribution in [1.82, 2.24) is 0 Å². The normalized spacial score (nSPS) is 11.3. The topological polar surface area (TPSA) is 9.23 Å². The Morgan fingerprint density at radius 1 is 0.789 bits per heavy atom. The average molecular weight is 254 g/mol. The Balaban J connectivity index is 1.92. The van der Waals surface area contributed by atoms with Gasteiger partial charge in [-0.25, -0.2) is 0 Å². The summed E-state index contributed by atoms with van der Waals surface area (Å²) < 4.78 is 5.73. The molecule has 0 spiro atoms. The Hall–Kier alpha value is -1.76. The predicted molar refractivity (Wildman–Crippen MR) is 80.4 cm³/mol. The summed E-state index contributed by atoms with van der Waals surface area (Å²) in [7, 11) is 0. The molecule has 100 valence electrons. The van der Waals surface area contributed by atoms with E-state index in [1.54, 1.807) is 0 Å². The largest absolute Gasteiger partial charge is 0.489 e. The van der Waals surface area contributed by atoms with E-state index in [0.717, 1.165) is 12.2 Å². The molecule has 0 bridgehead atoms. The predicted octanol–water partition coefficient (Wildman–Crippen LogP) is 4.85. The highest BCUT2D eigenvalue weighted by Crippen LogP contribution is 2.21. The lowest BCUT2D eigenvalue weighted by molar-refractivity contribution is 0.306. The maximum absolute atomic E-state index is 5.73. The number of rotatable bonds is 4. The number of hydrogen-bond donors (Lipinski definition) is 0. The first-order valence-electron chi connectivity index (χ1n) is 6.79. The van der Waals surface area contributed by atoms with Crippen LogP contribution in [-0.2, 0) is 13.0 Å². The fourth-order valence-electron chi connectivity index (χ4n) is 2.05. The van der Waals surface area contributed by atoms with Crippen molar-refractivity contribution in [1.29, 1.82) is 0 Å². The molecule has 0 heterocycles. The van der Waals surface area contributed by atoms with Crippen LogP contribution in [0.5, 0.6) is 5.75 Å². The zero-order chi connectivity index (χ0) is 13.7. The van der Waals surface area contributed by atoms with Crippen molar-refractivity contribution in [3.8, 4) is 5.75 Å². The second-order valence-corrected chi connectivity index (χ2v) is 6.16. The lowest BCUT2D eigenvalue weighted by Gasteiger charge is -2.18. The Bertz CT molecular complexity index is 491. The maximum atomic E-state index is 5.73. The van der Waals surface area contributed by atoms with Gasteiger partial charge in [-0.15, -0.1) is 0 Å². The van der Waals surface area contributed by atoms with Crippen LogP contribution in [0.1, 0.15) is 31.9 Å². The van der Waals surface area contributed by atoms with E-state index in [1.165, 1.54) is 11.1 Å². The van der Waals surface area contributed by atoms with Gasteiger partial charge in [-0.1, -0.05) is 63.2 Å². The molecule has 0 aliphatic heterocycles. The van der Waals surface area contributed by atoms with Gasteiger partial charge >= 0.3 is 0 Å². The van der Waals surface area contributed by atoms with Crippen LogP contribution in [-0.4, -0.2) is 0 Å². The third kappa shape index (κ3) is 4.78. The van der Waals surface area contributed by atoms with E-state index >= 15 is 0 Å². The highest BCUT2D eigenvalue weighted by Gasteiger charge is 2.10. The summed E-state index contributed by atoms with van der Waals surface area (Å²) in [5.74, 6) is 0.918. The Labute approximate surface area is 116 Å². The van der Waals surface area contributed by atoms with Crippen molar-refractivity contribution in [2.75, 3.05) is 0 Å². The van der Waals surface area contributed by atoms with E-state index in [1.807, 2.05) is 30.3 Å². The minimum Gasteiger partial charge on any atom is -0.489 e. The van der Waals surface area contributed by atoms with Gasteiger partial charge in [0.25, 0.3) is 0 Å². The van der Waals surface area contributed by atoms with E-state index < -0.39 is 0 Å². The van der Waals surface area contributed by atoms with Gasteiger partial charge in [0, 0.05) is 0 Å². The monoisotopic (exact) mass is 254 g/mol. The molecule has 1 nitrogen and oxygen atoms in total. The van der Waals surface area contributed by atoms with Crippen LogP contribution in [0.3, 0.4) is 0 Å². The summed E-state index contributed by atoms with van der Waals surface area (Å²) in [5, 5.41) is 0. The molecule has 0 unspecified atom stereocenters. The summed E-state index contributed by atoms with van der Waals surface area (Å²) in [5.41, 5.74) is 2.93. The summed E-state index contributed by atoms with van der Waals surface area (Å²) in [6.45, 7) is 7.41. The summed E-state index contributed by atoms with van der Waals surface area (Å²) >= 11 is 0. The SMILES string of the molecule is CC(C)(C)Cc1ccc(COc2ccccc2)cc1. The molecule has 0 aromatic heterocycles. The molecular formula is C18H22O. The van der Waals surface area contributed by atoms with Crippen LogP contribution in [0.15, 0.2) is 54.6 Å². The van der Waals surface area contributed by atoms with Gasteiger partial charge < -0.3 is 4.74 Å². The van der Waals surface area contributed by atoms with E-state index in [9.17, 15) is 0 Å². The second-order valence-electron chi connectivity index (χ2n) is 6.16. The molecular weight excluding hydrogens is 232 g/mol. The Morgan fingerprint density at radius 2 is 1.37 bits per heavy atom. The highest BCUT2D eigenvalue weighted by molar-refractivity contribution is 5.25. The molecule has 0 atom stereocenters. The number of benzene rings is 2. The van der Waals surface area contributed by atoms with E-state index in [2.05, 4.69) is 45.0 Å². The fraction of sp³-hybridized carbons (Fsp3) is 0.333. The minimum atomic E-state index is 0.335. The zero-order valence-corrected chi connectivity index (χ0v) is 12.0. The Morgan fingerprint density at radius 3 is 1.95 bits per heavy atom. The van der Waals surface area contributed by atoms with Gasteiger partial charge in [-0.3, -0.25) is 0 Å². The number of para-hydroxylation sites is 1. The summed E-state index contributed by atoms with van der Waals surface area (Å²) in [6, 6.07) is 18.7. The van der Waals surface area contributed by atoms with E-state index in [4.69, 9.17) is 4.74 Å². The van der Waals surface area contributed by atoms with E-state index in [-0.39, 0.29) is 0 Å². The van der Waals surface area contributed by atoms with Crippen molar-refractivity contribution in [3.05, 3.63) is 65.7 Å². The van der Waals surface area contributed by atoms with Crippen molar-refractivity contribution in [3.63, 3.8) is 0 Å². The quantitative estimate of drug-likeness (QED) is 0.757. The fourth-order valence-corrected chi connectivity index (χ4v) is 2.05. The van der Waals surface area contributed by atoms with Crippen LogP contribution in [0.2, 0.25) is 0 Å². The number of ether oxygens (including phenoxy) is 1. The molecule has 0 amide bonds. The first-order chi connectivity index (χ1) is 9.03. The zero-order valence-electron chi connectivity index (χ0n) is 12.0. The Kier molecular flexibility index (Phi) is 4.26. The molecule has 0 aliphatic rings. The van der Waals surface area contributed by atoms with E-state index in [0.29, 0.717) is 12.0 Å². The van der Waals surface area contributed by atoms with Crippen molar-refractivity contribution < 1.29 is 4.74 Å². The first-order valence-corrected chi connectivity index (χ1v) is 6.79. The van der Waals surface area contributed by atoms with Crippen molar-refractivity contribution in [2.24, 2.45) is 5.41 Å². The molecule has 2 aromatic carbocycles. The van der Waals surface area contributed by atoms with Gasteiger partial charge in [0.1, 0.15) is 12.4 Å². The molecule has 2 rings (SSSR count). The van der Waals surface area contributed by atoms with Crippen LogP contribution in [0.25, 0.3) is 0 Å². The third-order valence-corrected chi connectivity index (χ3v) is 2.91. The van der Waals surface area contributed by atoms with Crippen LogP contribution in [0.4, 0.5) is 0 Å². The van der Waals surface area contributed by atoms with Crippen LogP contribution in [0, 0.1) is 5.41 Å². The molecule has 2 aromatic rings. The molecule has 0 saturated carbocycles. The van der Waals surface area contributed by atoms with Crippen molar-refractivity contribution >= 4 is 0 Å².